The molecule has 2 amide bonds. The molecule has 0 aliphatic carbocycles. The Morgan fingerprint density at radius 1 is 1.36 bits per heavy atom. The van der Waals surface area contributed by atoms with Gasteiger partial charge in [0, 0.05) is 60.2 Å². The van der Waals surface area contributed by atoms with Crippen molar-refractivity contribution in [2.75, 3.05) is 30.0 Å². The van der Waals surface area contributed by atoms with Crippen LogP contribution in [0.5, 0.6) is 0 Å². The number of carbonyl (C=O) groups excluding carboxylic acids is 1. The zero-order valence-corrected chi connectivity index (χ0v) is 13.9. The van der Waals surface area contributed by atoms with Crippen molar-refractivity contribution in [3.8, 4) is 0 Å². The first-order chi connectivity index (χ1) is 10.5. The molecule has 0 spiro atoms. The van der Waals surface area contributed by atoms with Gasteiger partial charge in [-0.3, -0.25) is 4.21 Å². The Labute approximate surface area is 134 Å². The maximum absolute atomic E-state index is 12.6. The molecule has 3 atom stereocenters. The Morgan fingerprint density at radius 3 is 2.86 bits per heavy atom. The van der Waals surface area contributed by atoms with Crippen molar-refractivity contribution in [2.45, 2.75) is 32.0 Å². The standard InChI is InChI=1S/C16H23N3O2S/c1-12-9-18(2)15-6-4-3-5-13(15)10-19(12)16(20)17-14-7-8-22(21)11-14/h3-6,12,14H,7-11H2,1-2H3,(H,17,20)/t12-,14?,22?/m0/s1. The first kappa shape index (κ1) is 15.3. The van der Waals surface area contributed by atoms with Crippen molar-refractivity contribution in [1.29, 1.82) is 0 Å². The minimum Gasteiger partial charge on any atom is -0.372 e. The highest BCUT2D eigenvalue weighted by Crippen LogP contribution is 2.26. The molecule has 3 rings (SSSR count). The molecule has 1 aromatic carbocycles. The largest absolute Gasteiger partial charge is 0.372 e. The van der Waals surface area contributed by atoms with Crippen LogP contribution in [0.15, 0.2) is 24.3 Å². The summed E-state index contributed by atoms with van der Waals surface area (Å²) >= 11 is 0. The van der Waals surface area contributed by atoms with Crippen molar-refractivity contribution in [2.24, 2.45) is 0 Å². The van der Waals surface area contributed by atoms with E-state index < -0.39 is 10.8 Å². The van der Waals surface area contributed by atoms with E-state index in [1.807, 2.05) is 17.0 Å². The van der Waals surface area contributed by atoms with Gasteiger partial charge in [0.25, 0.3) is 0 Å². The lowest BCUT2D eigenvalue weighted by Crippen LogP contribution is -2.49. The van der Waals surface area contributed by atoms with Crippen LogP contribution >= 0.6 is 0 Å². The molecule has 0 bridgehead atoms. The fourth-order valence-electron chi connectivity index (χ4n) is 3.26. The highest BCUT2D eigenvalue weighted by molar-refractivity contribution is 7.85. The summed E-state index contributed by atoms with van der Waals surface area (Å²) in [6, 6.07) is 8.36. The number of hydrogen-bond donors (Lipinski definition) is 1. The van der Waals surface area contributed by atoms with Gasteiger partial charge >= 0.3 is 6.03 Å². The SMILES string of the molecule is C[C@H]1CN(C)c2ccccc2CN1C(=O)NC1CCS(=O)C1. The average Bonchev–Trinajstić information content (AvgIpc) is 2.84. The normalized spacial score (nSPS) is 28.2. The molecule has 1 aromatic rings. The Balaban J connectivity index is 1.75. The van der Waals surface area contributed by atoms with Crippen LogP contribution in [0.25, 0.3) is 0 Å². The van der Waals surface area contributed by atoms with Crippen LogP contribution in [-0.2, 0) is 17.3 Å². The lowest BCUT2D eigenvalue weighted by molar-refractivity contribution is 0.175. The highest BCUT2D eigenvalue weighted by Gasteiger charge is 2.29. The molecule has 22 heavy (non-hydrogen) atoms. The van der Waals surface area contributed by atoms with Crippen LogP contribution in [0.2, 0.25) is 0 Å². The van der Waals surface area contributed by atoms with Gasteiger partial charge in [0.15, 0.2) is 0 Å². The summed E-state index contributed by atoms with van der Waals surface area (Å²) in [5, 5.41) is 3.06. The van der Waals surface area contributed by atoms with E-state index >= 15 is 0 Å². The zero-order valence-electron chi connectivity index (χ0n) is 13.1. The van der Waals surface area contributed by atoms with E-state index in [1.54, 1.807) is 0 Å². The molecule has 0 saturated carbocycles. The van der Waals surface area contributed by atoms with Gasteiger partial charge in [-0.2, -0.15) is 0 Å². The second-order valence-corrected chi connectivity index (χ2v) is 7.85. The first-order valence-corrected chi connectivity index (χ1v) is 9.24. The topological polar surface area (TPSA) is 52.6 Å². The number of anilines is 1. The number of urea groups is 1. The molecule has 1 fully saturated rings. The Bertz CT molecular complexity index is 593. The van der Waals surface area contributed by atoms with Gasteiger partial charge in [-0.05, 0) is 25.0 Å². The smallest absolute Gasteiger partial charge is 0.318 e. The number of likely N-dealkylation sites (N-methyl/N-ethyl adjacent to an activating group) is 1. The van der Waals surface area contributed by atoms with E-state index in [4.69, 9.17) is 0 Å². The van der Waals surface area contributed by atoms with Crippen molar-refractivity contribution in [1.82, 2.24) is 10.2 Å². The van der Waals surface area contributed by atoms with Gasteiger partial charge in [0.1, 0.15) is 0 Å². The minimum atomic E-state index is -0.770. The summed E-state index contributed by atoms with van der Waals surface area (Å²) in [6.07, 6.45) is 0.817. The number of fused-ring (bicyclic) bond motifs is 1. The lowest BCUT2D eigenvalue weighted by Gasteiger charge is -2.29. The molecule has 1 N–H and O–H groups in total. The Hall–Kier alpha value is -1.56. The van der Waals surface area contributed by atoms with Crippen molar-refractivity contribution in [3.63, 3.8) is 0 Å². The summed E-state index contributed by atoms with van der Waals surface area (Å²) in [4.78, 5) is 16.7. The third-order valence-electron chi connectivity index (χ3n) is 4.48. The maximum atomic E-state index is 12.6. The van der Waals surface area contributed by atoms with Crippen LogP contribution in [-0.4, -0.2) is 52.3 Å². The number of rotatable bonds is 1. The van der Waals surface area contributed by atoms with Crippen LogP contribution in [0.1, 0.15) is 18.9 Å². The molecule has 0 radical (unpaired) electrons. The van der Waals surface area contributed by atoms with Gasteiger partial charge < -0.3 is 15.1 Å². The minimum absolute atomic E-state index is 0.0403. The molecular weight excluding hydrogens is 298 g/mol. The molecule has 2 unspecified atom stereocenters. The predicted octanol–water partition coefficient (Wildman–Crippen LogP) is 1.56. The summed E-state index contributed by atoms with van der Waals surface area (Å²) in [5.74, 6) is 1.29. The van der Waals surface area contributed by atoms with Crippen molar-refractivity contribution >= 4 is 22.5 Å². The second kappa shape index (κ2) is 6.28. The summed E-state index contributed by atoms with van der Waals surface area (Å²) in [5.41, 5.74) is 2.35. The van der Waals surface area contributed by atoms with Gasteiger partial charge in [-0.1, -0.05) is 18.2 Å². The summed E-state index contributed by atoms with van der Waals surface area (Å²) in [7, 11) is 1.30. The zero-order chi connectivity index (χ0) is 15.7. The number of carbonyl (C=O) groups is 1. The third-order valence-corrected chi connectivity index (χ3v) is 5.95. The molecule has 2 aliphatic heterocycles. The number of benzene rings is 1. The molecule has 6 heteroatoms. The summed E-state index contributed by atoms with van der Waals surface area (Å²) < 4.78 is 11.5. The predicted molar refractivity (Wildman–Crippen MR) is 89.5 cm³/mol. The van der Waals surface area contributed by atoms with E-state index in [2.05, 4.69) is 36.3 Å². The number of amides is 2. The number of para-hydroxylation sites is 1. The fraction of sp³-hybridized carbons (Fsp3) is 0.562. The maximum Gasteiger partial charge on any atom is 0.318 e. The summed E-state index contributed by atoms with van der Waals surface area (Å²) in [6.45, 7) is 3.50. The molecular formula is C16H23N3O2S. The number of nitrogens with zero attached hydrogens (tertiary/aromatic N) is 2. The van der Waals surface area contributed by atoms with E-state index in [0.29, 0.717) is 18.1 Å². The number of hydrogen-bond acceptors (Lipinski definition) is 3. The molecule has 5 nitrogen and oxygen atoms in total. The first-order valence-electron chi connectivity index (χ1n) is 7.75. The Kier molecular flexibility index (Phi) is 4.38. The molecule has 1 saturated heterocycles. The molecule has 0 aromatic heterocycles. The van der Waals surface area contributed by atoms with E-state index in [1.165, 1.54) is 11.3 Å². The van der Waals surface area contributed by atoms with E-state index in [9.17, 15) is 9.00 Å². The Morgan fingerprint density at radius 2 is 2.14 bits per heavy atom. The number of nitrogens with one attached hydrogen (secondary N) is 1. The highest BCUT2D eigenvalue weighted by atomic mass is 32.2. The van der Waals surface area contributed by atoms with E-state index in [0.717, 1.165) is 13.0 Å². The van der Waals surface area contributed by atoms with Gasteiger partial charge in [-0.25, -0.2) is 4.79 Å². The lowest BCUT2D eigenvalue weighted by atomic mass is 10.1. The second-order valence-electron chi connectivity index (χ2n) is 6.23. The monoisotopic (exact) mass is 321 g/mol. The van der Waals surface area contributed by atoms with Crippen LogP contribution in [0.4, 0.5) is 10.5 Å². The molecule has 2 aliphatic rings. The fourth-order valence-corrected chi connectivity index (χ4v) is 4.67. The van der Waals surface area contributed by atoms with Gasteiger partial charge in [-0.15, -0.1) is 0 Å². The quantitative estimate of drug-likeness (QED) is 0.854. The molecule has 2 heterocycles. The van der Waals surface area contributed by atoms with Gasteiger partial charge in [0.2, 0.25) is 0 Å². The van der Waals surface area contributed by atoms with Crippen LogP contribution in [0.3, 0.4) is 0 Å². The third kappa shape index (κ3) is 3.11. The average molecular weight is 321 g/mol. The van der Waals surface area contributed by atoms with Crippen molar-refractivity contribution < 1.29 is 9.00 Å². The molecule has 120 valence electrons. The van der Waals surface area contributed by atoms with Crippen LogP contribution < -0.4 is 10.2 Å². The van der Waals surface area contributed by atoms with Gasteiger partial charge in [0.05, 0.1) is 0 Å². The van der Waals surface area contributed by atoms with E-state index in [-0.39, 0.29) is 18.1 Å². The van der Waals surface area contributed by atoms with Crippen molar-refractivity contribution in [3.05, 3.63) is 29.8 Å². The van der Waals surface area contributed by atoms with Crippen LogP contribution in [0, 0.1) is 0 Å².